The summed E-state index contributed by atoms with van der Waals surface area (Å²) in [6.45, 7) is 13.5. The zero-order valence-corrected chi connectivity index (χ0v) is 32.7. The van der Waals surface area contributed by atoms with Gasteiger partial charge in [0.1, 0.15) is 4.88 Å². The minimum atomic E-state index is -2.08. The molecule has 258 valence electrons. The number of benzene rings is 2. The average Bonchev–Trinajstić information content (AvgIpc) is 3.76. The van der Waals surface area contributed by atoms with Crippen molar-refractivity contribution in [1.29, 1.82) is 0 Å². The predicted octanol–water partition coefficient (Wildman–Crippen LogP) is 9.61. The van der Waals surface area contributed by atoms with Gasteiger partial charge in [0.2, 0.25) is 0 Å². The molecule has 1 fully saturated rings. The lowest BCUT2D eigenvalue weighted by Crippen LogP contribution is -2.51. The Labute approximate surface area is 304 Å². The van der Waals surface area contributed by atoms with Gasteiger partial charge >= 0.3 is 5.97 Å². The van der Waals surface area contributed by atoms with Crippen molar-refractivity contribution in [3.63, 3.8) is 0 Å². The Balaban J connectivity index is 1.30. The van der Waals surface area contributed by atoms with Gasteiger partial charge in [0.25, 0.3) is 5.24 Å². The molecule has 1 aliphatic rings. The highest BCUT2D eigenvalue weighted by atomic mass is 32.2. The maximum atomic E-state index is 13.1. The van der Waals surface area contributed by atoms with Gasteiger partial charge in [-0.15, -0.1) is 11.3 Å². The molecule has 49 heavy (non-hydrogen) atoms. The molecule has 6 nitrogen and oxygen atoms in total. The molecule has 5 rings (SSSR count). The fraction of sp³-hybridized carbons (Fsp3) is 0.385. The van der Waals surface area contributed by atoms with Gasteiger partial charge in [-0.25, -0.2) is 9.80 Å². The fourth-order valence-electron chi connectivity index (χ4n) is 5.46. The van der Waals surface area contributed by atoms with Crippen LogP contribution in [0.3, 0.4) is 0 Å². The van der Waals surface area contributed by atoms with E-state index in [1.165, 1.54) is 46.9 Å². The van der Waals surface area contributed by atoms with Crippen molar-refractivity contribution in [2.75, 3.05) is 32.5 Å². The summed E-state index contributed by atoms with van der Waals surface area (Å²) in [4.78, 5) is 26.7. The lowest BCUT2D eigenvalue weighted by molar-refractivity contribution is 0.0161. The molecule has 0 bridgehead atoms. The molecule has 1 unspecified atom stereocenters. The van der Waals surface area contributed by atoms with Crippen molar-refractivity contribution < 1.29 is 18.8 Å². The Morgan fingerprint density at radius 2 is 1.80 bits per heavy atom. The minimum Gasteiger partial charge on any atom is -0.465 e. The summed E-state index contributed by atoms with van der Waals surface area (Å²) in [5, 5.41) is 8.52. The van der Waals surface area contributed by atoms with Crippen LogP contribution in [0.4, 0.5) is 4.79 Å². The minimum absolute atomic E-state index is 0.00269. The van der Waals surface area contributed by atoms with E-state index in [-0.39, 0.29) is 22.4 Å². The van der Waals surface area contributed by atoms with Crippen LogP contribution in [0.5, 0.6) is 0 Å². The average molecular weight is 731 g/mol. The molecule has 0 aliphatic carbocycles. The summed E-state index contributed by atoms with van der Waals surface area (Å²) >= 11 is 4.47. The molecule has 10 heteroatoms. The number of hydrogen-bond donors (Lipinski definition) is 0. The van der Waals surface area contributed by atoms with Crippen LogP contribution in [0.1, 0.15) is 58.4 Å². The summed E-state index contributed by atoms with van der Waals surface area (Å²) < 4.78 is 11.9. The first-order valence-electron chi connectivity index (χ1n) is 16.7. The number of hydrazine groups is 1. The molecule has 1 amide bonds. The molecule has 2 aromatic heterocycles. The van der Waals surface area contributed by atoms with E-state index in [1.54, 1.807) is 17.4 Å². The monoisotopic (exact) mass is 730 g/mol. The highest BCUT2D eigenvalue weighted by molar-refractivity contribution is 8.13. The molecular weight excluding hydrogens is 685 g/mol. The molecule has 1 saturated heterocycles. The lowest BCUT2D eigenvalue weighted by Gasteiger charge is -2.41. The van der Waals surface area contributed by atoms with E-state index >= 15 is 0 Å². The first-order valence-corrected chi connectivity index (χ1v) is 22.4. The van der Waals surface area contributed by atoms with Gasteiger partial charge < -0.3 is 9.16 Å². The number of rotatable bonds is 12. The van der Waals surface area contributed by atoms with Crippen LogP contribution in [0, 0.1) is 11.8 Å². The van der Waals surface area contributed by atoms with Crippen molar-refractivity contribution in [2.24, 2.45) is 0 Å². The molecule has 0 saturated carbocycles. The van der Waals surface area contributed by atoms with Crippen LogP contribution >= 0.6 is 34.4 Å². The third kappa shape index (κ3) is 9.97. The highest BCUT2D eigenvalue weighted by Crippen LogP contribution is 2.38. The number of esters is 1. The normalized spacial score (nSPS) is 14.7. The Morgan fingerprint density at radius 1 is 1.00 bits per heavy atom. The maximum absolute atomic E-state index is 13.1. The van der Waals surface area contributed by atoms with Gasteiger partial charge in [-0.1, -0.05) is 86.8 Å². The van der Waals surface area contributed by atoms with E-state index < -0.39 is 8.32 Å². The topological polar surface area (TPSA) is 59.1 Å². The summed E-state index contributed by atoms with van der Waals surface area (Å²) in [6, 6.07) is 22.7. The summed E-state index contributed by atoms with van der Waals surface area (Å²) in [5.74, 6) is 7.29. The fourth-order valence-corrected chi connectivity index (χ4v) is 9.38. The molecule has 3 heterocycles. The van der Waals surface area contributed by atoms with Crippen LogP contribution in [-0.2, 0) is 22.0 Å². The predicted molar refractivity (Wildman–Crippen MR) is 208 cm³/mol. The van der Waals surface area contributed by atoms with Gasteiger partial charge in [-0.05, 0) is 71.7 Å². The molecule has 2 aromatic carbocycles. The summed E-state index contributed by atoms with van der Waals surface area (Å²) in [7, 11) is -0.686. The van der Waals surface area contributed by atoms with Crippen LogP contribution in [0.15, 0.2) is 77.5 Å². The van der Waals surface area contributed by atoms with Gasteiger partial charge in [-0.3, -0.25) is 9.80 Å². The number of nitrogens with zero attached hydrogens (tertiary/aromatic N) is 2. The zero-order chi connectivity index (χ0) is 35.0. The lowest BCUT2D eigenvalue weighted by atomic mass is 10.0. The highest BCUT2D eigenvalue weighted by Gasteiger charge is 2.39. The van der Waals surface area contributed by atoms with Crippen molar-refractivity contribution in [3.05, 3.63) is 104 Å². The number of carbonyl (C=O) groups excluding carboxylic acids is 2. The molecule has 0 spiro atoms. The smallest absolute Gasteiger partial charge is 0.348 e. The first kappa shape index (κ1) is 37.1. The summed E-state index contributed by atoms with van der Waals surface area (Å²) in [6.07, 6.45) is 2.26. The molecular formula is C39H46N2O4S3Si. The quantitative estimate of drug-likeness (QED) is 0.0823. The molecule has 0 radical (unpaired) electrons. The SMILES string of the molecule is COC(=O)c1ccc(CCN2C(=O)SCCN2CCC(Cc2cccc(C#Cc3cscc3-c3ccccc3)c2)O[Si](C)(C)C(C)(C)C)s1. The molecule has 0 N–H and O–H groups in total. The molecule has 4 aromatic rings. The number of hydrogen-bond acceptors (Lipinski definition) is 8. The van der Waals surface area contributed by atoms with Crippen molar-refractivity contribution in [2.45, 2.75) is 64.3 Å². The third-order valence-electron chi connectivity index (χ3n) is 9.20. The number of ether oxygens (including phenoxy) is 1. The second-order valence-corrected chi connectivity index (χ2v) is 21.4. The largest absolute Gasteiger partial charge is 0.465 e. The van der Waals surface area contributed by atoms with Crippen LogP contribution < -0.4 is 0 Å². The second-order valence-electron chi connectivity index (χ2n) is 13.7. The van der Waals surface area contributed by atoms with Crippen molar-refractivity contribution in [3.8, 4) is 23.0 Å². The first-order chi connectivity index (χ1) is 23.4. The van der Waals surface area contributed by atoms with E-state index in [1.807, 2.05) is 17.1 Å². The number of thiophene rings is 2. The van der Waals surface area contributed by atoms with Crippen LogP contribution in [0.25, 0.3) is 11.1 Å². The maximum Gasteiger partial charge on any atom is 0.348 e. The zero-order valence-electron chi connectivity index (χ0n) is 29.3. The van der Waals surface area contributed by atoms with Crippen LogP contribution in [0.2, 0.25) is 18.1 Å². The Morgan fingerprint density at radius 3 is 2.55 bits per heavy atom. The molecule has 1 atom stereocenters. The van der Waals surface area contributed by atoms with Crippen LogP contribution in [-0.4, -0.2) is 68.1 Å². The van der Waals surface area contributed by atoms with E-state index in [2.05, 4.69) is 110 Å². The van der Waals surface area contributed by atoms with Crippen molar-refractivity contribution in [1.82, 2.24) is 10.0 Å². The summed E-state index contributed by atoms with van der Waals surface area (Å²) in [5.41, 5.74) is 5.58. The van der Waals surface area contributed by atoms with Gasteiger partial charge in [-0.2, -0.15) is 11.3 Å². The number of carbonyl (C=O) groups is 2. The Bertz CT molecular complexity index is 1780. The van der Waals surface area contributed by atoms with E-state index in [0.29, 0.717) is 17.8 Å². The van der Waals surface area contributed by atoms with E-state index in [0.717, 1.165) is 47.7 Å². The Kier molecular flexibility index (Phi) is 12.6. The number of amides is 1. The molecule has 1 aliphatic heterocycles. The standard InChI is InChI=1S/C39H46N2O4S3Si/c1-39(2,3)49(5,6)45-33(19-21-40-23-24-47-38(43)41(40)22-20-34-17-18-36(48-34)37(42)44-4)26-30-12-10-11-29(25-30)15-16-32-27-46-28-35(32)31-13-8-7-9-14-31/h7-14,17-18,25,27-28,33H,19-24,26H2,1-6H3. The number of methoxy groups -OCH3 is 1. The third-order valence-corrected chi connectivity index (χ3v) is 16.4. The van der Waals surface area contributed by atoms with Gasteiger partial charge in [0.05, 0.1) is 13.2 Å². The van der Waals surface area contributed by atoms with Gasteiger partial charge in [0, 0.05) is 58.8 Å². The Hall–Kier alpha value is -3.17. The van der Waals surface area contributed by atoms with Crippen molar-refractivity contribution >= 4 is 54.0 Å². The second kappa shape index (κ2) is 16.7. The number of thioether (sulfide) groups is 1. The van der Waals surface area contributed by atoms with Gasteiger partial charge in [0.15, 0.2) is 8.32 Å². The van der Waals surface area contributed by atoms with E-state index in [4.69, 9.17) is 9.16 Å². The van der Waals surface area contributed by atoms with E-state index in [9.17, 15) is 9.59 Å².